The van der Waals surface area contributed by atoms with E-state index in [1.807, 2.05) is 20.8 Å². The van der Waals surface area contributed by atoms with Crippen LogP contribution in [0, 0.1) is 0 Å². The van der Waals surface area contributed by atoms with Gasteiger partial charge in [0.15, 0.2) is 0 Å². The molecule has 114 valence electrons. The first-order valence-corrected chi connectivity index (χ1v) is 7.58. The molecule has 0 aliphatic carbocycles. The smallest absolute Gasteiger partial charge is 0.222 e. The van der Waals surface area contributed by atoms with Gasteiger partial charge < -0.3 is 15.5 Å². The largest absolute Gasteiger partial charge is 0.369 e. The fourth-order valence-electron chi connectivity index (χ4n) is 2.27. The molecule has 0 saturated carbocycles. The Bertz CT molecular complexity index is 484. The van der Waals surface area contributed by atoms with Crippen LogP contribution in [0.15, 0.2) is 34.3 Å². The van der Waals surface area contributed by atoms with Crippen LogP contribution in [0.2, 0.25) is 0 Å². The fraction of sp³-hybridized carbons (Fsp3) is 0.500. The minimum atomic E-state index is 0.219. The molecule has 1 heterocycles. The van der Waals surface area contributed by atoms with Crippen molar-refractivity contribution in [1.29, 1.82) is 0 Å². The summed E-state index contributed by atoms with van der Waals surface area (Å²) in [6.07, 6.45) is 1.75. The van der Waals surface area contributed by atoms with E-state index in [1.54, 1.807) is 6.21 Å². The van der Waals surface area contributed by atoms with Gasteiger partial charge in [-0.25, -0.2) is 9.98 Å². The molecule has 21 heavy (non-hydrogen) atoms. The highest BCUT2D eigenvalue weighted by Crippen LogP contribution is 2.18. The quantitative estimate of drug-likeness (QED) is 0.663. The molecule has 0 bridgehead atoms. The van der Waals surface area contributed by atoms with Crippen molar-refractivity contribution < 1.29 is 0 Å². The summed E-state index contributed by atoms with van der Waals surface area (Å²) >= 11 is 0. The van der Waals surface area contributed by atoms with Gasteiger partial charge in [0.25, 0.3) is 0 Å². The first kappa shape index (κ1) is 15.5. The second-order valence-corrected chi connectivity index (χ2v) is 5.34. The molecule has 0 aromatic heterocycles. The molecular weight excluding hydrogens is 262 g/mol. The summed E-state index contributed by atoms with van der Waals surface area (Å²) in [6.45, 7) is 10.2. The molecule has 1 saturated heterocycles. The molecule has 0 spiro atoms. The Labute approximate surface area is 127 Å². The minimum absolute atomic E-state index is 0.219. The lowest BCUT2D eigenvalue weighted by atomic mass is 10.2. The molecule has 0 radical (unpaired) electrons. The molecule has 1 aliphatic heterocycles. The zero-order valence-electron chi connectivity index (χ0n) is 13.1. The van der Waals surface area contributed by atoms with Crippen LogP contribution in [-0.2, 0) is 0 Å². The highest BCUT2D eigenvalue weighted by atomic mass is 15.2. The number of nitrogens with zero attached hydrogens (tertiary/aromatic N) is 3. The second-order valence-electron chi connectivity index (χ2n) is 5.34. The summed E-state index contributed by atoms with van der Waals surface area (Å²) in [5.74, 6) is 0.655. The van der Waals surface area contributed by atoms with Gasteiger partial charge in [0.2, 0.25) is 5.96 Å². The molecule has 0 atom stereocenters. The molecule has 1 aromatic carbocycles. The molecule has 0 unspecified atom stereocenters. The molecule has 1 aliphatic rings. The second kappa shape index (κ2) is 7.78. The number of anilines is 2. The number of hydrogen-bond donors (Lipinski definition) is 2. The van der Waals surface area contributed by atoms with Gasteiger partial charge in [-0.15, -0.1) is 0 Å². The maximum absolute atomic E-state index is 4.46. The van der Waals surface area contributed by atoms with Gasteiger partial charge >= 0.3 is 0 Å². The van der Waals surface area contributed by atoms with Crippen LogP contribution in [0.3, 0.4) is 0 Å². The molecule has 1 fully saturated rings. The lowest BCUT2D eigenvalue weighted by Crippen LogP contribution is -2.43. The Kier molecular flexibility index (Phi) is 5.75. The van der Waals surface area contributed by atoms with Crippen molar-refractivity contribution in [3.8, 4) is 0 Å². The van der Waals surface area contributed by atoms with E-state index in [9.17, 15) is 0 Å². The molecule has 2 N–H and O–H groups in total. The van der Waals surface area contributed by atoms with E-state index in [0.29, 0.717) is 5.96 Å². The summed E-state index contributed by atoms with van der Waals surface area (Å²) in [4.78, 5) is 11.1. The van der Waals surface area contributed by atoms with Crippen molar-refractivity contribution in [2.24, 2.45) is 9.98 Å². The van der Waals surface area contributed by atoms with Gasteiger partial charge in [0.1, 0.15) is 0 Å². The number of aliphatic imine (C=N–C) groups is 2. The van der Waals surface area contributed by atoms with Gasteiger partial charge in [0, 0.05) is 49.8 Å². The standard InChI is InChI=1S/C16H25N5/c1-4-18-16(19-13(2)3)20-14-5-7-15(8-6-14)21-11-9-17-10-12-21/h4-8,13,17H,9-12H2,1-3H3,(H,19,20). The first-order valence-electron chi connectivity index (χ1n) is 7.58. The Morgan fingerprint density at radius 2 is 1.90 bits per heavy atom. The summed E-state index contributed by atoms with van der Waals surface area (Å²) in [5, 5.41) is 6.63. The zero-order chi connectivity index (χ0) is 15.1. The van der Waals surface area contributed by atoms with Crippen molar-refractivity contribution in [1.82, 2.24) is 5.32 Å². The molecular formula is C16H25N5. The maximum atomic E-state index is 4.46. The predicted molar refractivity (Wildman–Crippen MR) is 91.9 cm³/mol. The summed E-state index contributed by atoms with van der Waals surface area (Å²) in [6, 6.07) is 8.68. The summed E-state index contributed by atoms with van der Waals surface area (Å²) in [5.41, 5.74) is 2.28. The zero-order valence-corrected chi connectivity index (χ0v) is 13.1. The van der Waals surface area contributed by atoms with Crippen LogP contribution in [-0.4, -0.2) is 44.4 Å². The molecule has 1 aromatic rings. The third-order valence-electron chi connectivity index (χ3n) is 3.24. The summed E-state index contributed by atoms with van der Waals surface area (Å²) in [7, 11) is 0. The van der Waals surface area contributed by atoms with E-state index in [2.05, 4.69) is 49.8 Å². The van der Waals surface area contributed by atoms with Gasteiger partial charge in [-0.05, 0) is 45.0 Å². The van der Waals surface area contributed by atoms with Gasteiger partial charge in [0.05, 0.1) is 0 Å². The number of benzene rings is 1. The van der Waals surface area contributed by atoms with Crippen LogP contribution < -0.4 is 15.5 Å². The number of guanidine groups is 1. The third kappa shape index (κ3) is 4.86. The van der Waals surface area contributed by atoms with Crippen LogP contribution in [0.1, 0.15) is 20.8 Å². The Morgan fingerprint density at radius 1 is 1.24 bits per heavy atom. The predicted octanol–water partition coefficient (Wildman–Crippen LogP) is 2.36. The topological polar surface area (TPSA) is 52.0 Å². The van der Waals surface area contributed by atoms with E-state index in [4.69, 9.17) is 0 Å². The van der Waals surface area contributed by atoms with E-state index >= 15 is 0 Å². The highest BCUT2D eigenvalue weighted by Gasteiger charge is 2.10. The van der Waals surface area contributed by atoms with Crippen LogP contribution in [0.4, 0.5) is 11.4 Å². The highest BCUT2D eigenvalue weighted by molar-refractivity contribution is 5.98. The van der Waals surface area contributed by atoms with Crippen molar-refractivity contribution in [2.45, 2.75) is 26.8 Å². The van der Waals surface area contributed by atoms with Crippen molar-refractivity contribution in [3.05, 3.63) is 24.3 Å². The van der Waals surface area contributed by atoms with E-state index in [-0.39, 0.29) is 6.04 Å². The maximum Gasteiger partial charge on any atom is 0.222 e. The average Bonchev–Trinajstić information content (AvgIpc) is 2.48. The third-order valence-corrected chi connectivity index (χ3v) is 3.24. The first-order chi connectivity index (χ1) is 10.2. The number of piperazine rings is 1. The van der Waals surface area contributed by atoms with E-state index < -0.39 is 0 Å². The van der Waals surface area contributed by atoms with E-state index in [0.717, 1.165) is 31.9 Å². The Morgan fingerprint density at radius 3 is 2.48 bits per heavy atom. The van der Waals surface area contributed by atoms with Crippen molar-refractivity contribution >= 4 is 23.5 Å². The molecule has 2 rings (SSSR count). The van der Waals surface area contributed by atoms with Crippen molar-refractivity contribution in [3.63, 3.8) is 0 Å². The van der Waals surface area contributed by atoms with Crippen LogP contribution >= 0.6 is 0 Å². The minimum Gasteiger partial charge on any atom is -0.369 e. The molecule has 5 nitrogen and oxygen atoms in total. The summed E-state index contributed by atoms with van der Waals surface area (Å²) < 4.78 is 0. The normalized spacial score (nSPS) is 16.8. The SMILES string of the molecule is CC=NC(=NC(C)C)Nc1ccc(N2CCNCC2)cc1. The van der Waals surface area contributed by atoms with E-state index in [1.165, 1.54) is 5.69 Å². The van der Waals surface area contributed by atoms with Crippen LogP contribution in [0.25, 0.3) is 0 Å². The monoisotopic (exact) mass is 287 g/mol. The molecule has 5 heteroatoms. The molecule has 0 amide bonds. The fourth-order valence-corrected chi connectivity index (χ4v) is 2.27. The number of rotatable bonds is 3. The van der Waals surface area contributed by atoms with Gasteiger partial charge in [-0.2, -0.15) is 0 Å². The Hall–Kier alpha value is -1.88. The number of hydrogen-bond acceptors (Lipinski definition) is 3. The average molecular weight is 287 g/mol. The number of nitrogens with one attached hydrogen (secondary N) is 2. The van der Waals surface area contributed by atoms with Gasteiger partial charge in [-0.3, -0.25) is 0 Å². The lowest BCUT2D eigenvalue weighted by molar-refractivity contribution is 0.589. The lowest BCUT2D eigenvalue weighted by Gasteiger charge is -2.29. The Balaban J connectivity index is 2.04. The van der Waals surface area contributed by atoms with Crippen molar-refractivity contribution in [2.75, 3.05) is 36.4 Å². The van der Waals surface area contributed by atoms with Gasteiger partial charge in [-0.1, -0.05) is 0 Å². The van der Waals surface area contributed by atoms with Crippen LogP contribution in [0.5, 0.6) is 0 Å².